The van der Waals surface area contributed by atoms with Crippen LogP contribution in [0.2, 0.25) is 0 Å². The molecule has 1 atom stereocenters. The maximum absolute atomic E-state index is 12.8. The van der Waals surface area contributed by atoms with E-state index in [1.165, 1.54) is 12.8 Å². The lowest BCUT2D eigenvalue weighted by atomic mass is 9.95. The maximum atomic E-state index is 12.8. The van der Waals surface area contributed by atoms with Gasteiger partial charge in [0.05, 0.1) is 6.04 Å². The highest BCUT2D eigenvalue weighted by molar-refractivity contribution is 9.10. The van der Waals surface area contributed by atoms with Crippen LogP contribution in [-0.2, 0) is 4.79 Å². The molecule has 1 aromatic carbocycles. The normalized spacial score (nSPS) is 19.9. The Hall–Kier alpha value is -1.40. The molecule has 0 radical (unpaired) electrons. The van der Waals surface area contributed by atoms with Crippen molar-refractivity contribution in [2.45, 2.75) is 45.1 Å². The van der Waals surface area contributed by atoms with Crippen LogP contribution in [0.5, 0.6) is 0 Å². The summed E-state index contributed by atoms with van der Waals surface area (Å²) in [4.78, 5) is 29.8. The summed E-state index contributed by atoms with van der Waals surface area (Å²) >= 11 is 3.43. The Bertz CT molecular complexity index is 653. The summed E-state index contributed by atoms with van der Waals surface area (Å²) in [5, 5.41) is 3.11. The monoisotopic (exact) mass is 435 g/mol. The number of hydrogen-bond acceptors (Lipinski definition) is 3. The third-order valence-corrected chi connectivity index (χ3v) is 6.22. The number of piperazine rings is 1. The highest BCUT2D eigenvalue weighted by Crippen LogP contribution is 2.31. The topological polar surface area (TPSA) is 52.7 Å². The smallest absolute Gasteiger partial charge is 0.253 e. The number of hydrogen-bond donors (Lipinski definition) is 1. The van der Waals surface area contributed by atoms with Crippen LogP contribution in [-0.4, -0.2) is 60.4 Å². The fourth-order valence-corrected chi connectivity index (χ4v) is 4.71. The number of nitrogens with zero attached hydrogens (tertiary/aromatic N) is 2. The Morgan fingerprint density at radius 2 is 1.89 bits per heavy atom. The fourth-order valence-electron chi connectivity index (χ4n) is 4.31. The van der Waals surface area contributed by atoms with Crippen LogP contribution < -0.4 is 5.32 Å². The van der Waals surface area contributed by atoms with Gasteiger partial charge in [-0.2, -0.15) is 0 Å². The van der Waals surface area contributed by atoms with E-state index in [4.69, 9.17) is 0 Å². The van der Waals surface area contributed by atoms with Gasteiger partial charge in [0, 0.05) is 42.8 Å². The van der Waals surface area contributed by atoms with Crippen molar-refractivity contribution in [2.24, 2.45) is 5.92 Å². The predicted molar refractivity (Wildman–Crippen MR) is 111 cm³/mol. The Labute approximate surface area is 170 Å². The molecule has 1 aliphatic heterocycles. The summed E-state index contributed by atoms with van der Waals surface area (Å²) in [7, 11) is 0. The number of benzene rings is 1. The molecule has 1 aromatic rings. The highest BCUT2D eigenvalue weighted by Gasteiger charge is 2.37. The minimum absolute atomic E-state index is 0.0397. The lowest BCUT2D eigenvalue weighted by Gasteiger charge is -2.40. The molecule has 3 rings (SSSR count). The van der Waals surface area contributed by atoms with Gasteiger partial charge in [-0.1, -0.05) is 41.8 Å². The Balaban J connectivity index is 1.62. The minimum atomic E-state index is -0.0397. The van der Waals surface area contributed by atoms with E-state index in [1.807, 2.05) is 29.2 Å². The first kappa shape index (κ1) is 20.3. The Kier molecular flexibility index (Phi) is 7.30. The molecule has 1 saturated carbocycles. The van der Waals surface area contributed by atoms with Crippen LogP contribution in [0.1, 0.15) is 49.4 Å². The van der Waals surface area contributed by atoms with Crippen LogP contribution >= 0.6 is 15.9 Å². The number of halogens is 1. The van der Waals surface area contributed by atoms with E-state index >= 15 is 0 Å². The summed E-state index contributed by atoms with van der Waals surface area (Å²) in [6.07, 6.45) is 5.69. The molecule has 148 valence electrons. The average molecular weight is 436 g/mol. The molecular formula is C21H30BrN3O2. The number of carbonyl (C=O) groups is 2. The molecule has 5 nitrogen and oxygen atoms in total. The van der Waals surface area contributed by atoms with Crippen molar-refractivity contribution in [3.8, 4) is 0 Å². The van der Waals surface area contributed by atoms with Crippen LogP contribution in [0, 0.1) is 5.92 Å². The van der Waals surface area contributed by atoms with Crippen molar-refractivity contribution in [1.82, 2.24) is 15.1 Å². The summed E-state index contributed by atoms with van der Waals surface area (Å²) in [5.74, 6) is 0.702. The van der Waals surface area contributed by atoms with Gasteiger partial charge in [-0.15, -0.1) is 0 Å². The largest absolute Gasteiger partial charge is 0.355 e. The first-order valence-corrected chi connectivity index (χ1v) is 11.0. The van der Waals surface area contributed by atoms with Crippen LogP contribution in [0.3, 0.4) is 0 Å². The first-order chi connectivity index (χ1) is 13.1. The molecule has 0 bridgehead atoms. The molecule has 1 saturated heterocycles. The van der Waals surface area contributed by atoms with Gasteiger partial charge in [-0.05, 0) is 43.4 Å². The van der Waals surface area contributed by atoms with Crippen molar-refractivity contribution in [1.29, 1.82) is 0 Å². The van der Waals surface area contributed by atoms with E-state index in [2.05, 4.69) is 33.1 Å². The number of rotatable bonds is 6. The van der Waals surface area contributed by atoms with Gasteiger partial charge in [0.15, 0.2) is 0 Å². The van der Waals surface area contributed by atoms with E-state index in [0.717, 1.165) is 43.4 Å². The molecule has 1 aliphatic carbocycles. The third-order valence-electron chi connectivity index (χ3n) is 5.73. The molecule has 2 aliphatic rings. The van der Waals surface area contributed by atoms with Crippen molar-refractivity contribution in [3.63, 3.8) is 0 Å². The van der Waals surface area contributed by atoms with E-state index in [9.17, 15) is 9.59 Å². The van der Waals surface area contributed by atoms with Crippen molar-refractivity contribution >= 4 is 27.7 Å². The van der Waals surface area contributed by atoms with Crippen molar-refractivity contribution in [2.75, 3.05) is 32.7 Å². The minimum Gasteiger partial charge on any atom is -0.355 e. The number of amides is 2. The SMILES string of the molecule is CCCNC(=O)[C@H](C1CCCC1)N1CCN(C(=O)c2cccc(Br)c2)CC1. The average Bonchev–Trinajstić information content (AvgIpc) is 3.21. The molecular weight excluding hydrogens is 406 g/mol. The van der Waals surface area contributed by atoms with Gasteiger partial charge < -0.3 is 10.2 Å². The summed E-state index contributed by atoms with van der Waals surface area (Å²) in [5.41, 5.74) is 0.714. The summed E-state index contributed by atoms with van der Waals surface area (Å²) in [6, 6.07) is 7.51. The summed E-state index contributed by atoms with van der Waals surface area (Å²) < 4.78 is 0.917. The molecule has 0 spiro atoms. The van der Waals surface area contributed by atoms with E-state index < -0.39 is 0 Å². The third kappa shape index (κ3) is 5.11. The molecule has 6 heteroatoms. The van der Waals surface area contributed by atoms with Crippen LogP contribution in [0.25, 0.3) is 0 Å². The predicted octanol–water partition coefficient (Wildman–Crippen LogP) is 3.29. The van der Waals surface area contributed by atoms with Gasteiger partial charge >= 0.3 is 0 Å². The fraction of sp³-hybridized carbons (Fsp3) is 0.619. The molecule has 2 amide bonds. The zero-order valence-electron chi connectivity index (χ0n) is 16.1. The molecule has 1 heterocycles. The van der Waals surface area contributed by atoms with Crippen molar-refractivity contribution < 1.29 is 9.59 Å². The highest BCUT2D eigenvalue weighted by atomic mass is 79.9. The van der Waals surface area contributed by atoms with Gasteiger partial charge in [0.1, 0.15) is 0 Å². The van der Waals surface area contributed by atoms with E-state index in [-0.39, 0.29) is 17.9 Å². The van der Waals surface area contributed by atoms with Gasteiger partial charge in [0.25, 0.3) is 5.91 Å². The lowest BCUT2D eigenvalue weighted by molar-refractivity contribution is -0.129. The van der Waals surface area contributed by atoms with Gasteiger partial charge in [-0.3, -0.25) is 14.5 Å². The van der Waals surface area contributed by atoms with E-state index in [1.54, 1.807) is 0 Å². The quantitative estimate of drug-likeness (QED) is 0.745. The van der Waals surface area contributed by atoms with Crippen LogP contribution in [0.4, 0.5) is 0 Å². The molecule has 0 aromatic heterocycles. The number of carbonyl (C=O) groups excluding carboxylic acids is 2. The second-order valence-corrected chi connectivity index (χ2v) is 8.53. The van der Waals surface area contributed by atoms with Gasteiger partial charge in [0.2, 0.25) is 5.91 Å². The zero-order valence-corrected chi connectivity index (χ0v) is 17.7. The number of nitrogens with one attached hydrogen (secondary N) is 1. The second kappa shape index (κ2) is 9.69. The van der Waals surface area contributed by atoms with Gasteiger partial charge in [-0.25, -0.2) is 0 Å². The Morgan fingerprint density at radius 3 is 2.52 bits per heavy atom. The first-order valence-electron chi connectivity index (χ1n) is 10.2. The molecule has 0 unspecified atom stereocenters. The van der Waals surface area contributed by atoms with Crippen LogP contribution in [0.15, 0.2) is 28.7 Å². The lowest BCUT2D eigenvalue weighted by Crippen LogP contribution is -2.58. The zero-order chi connectivity index (χ0) is 19.2. The summed E-state index contributed by atoms with van der Waals surface area (Å²) in [6.45, 7) is 5.70. The van der Waals surface area contributed by atoms with E-state index in [0.29, 0.717) is 24.6 Å². The second-order valence-electron chi connectivity index (χ2n) is 7.62. The maximum Gasteiger partial charge on any atom is 0.253 e. The molecule has 27 heavy (non-hydrogen) atoms. The standard InChI is InChI=1S/C21H30BrN3O2/c1-2-10-23-20(26)19(16-6-3-4-7-16)24-11-13-25(14-12-24)21(27)17-8-5-9-18(22)15-17/h5,8-9,15-16,19H,2-4,6-7,10-14H2,1H3,(H,23,26)/t19-/m0/s1. The Morgan fingerprint density at radius 1 is 1.19 bits per heavy atom. The molecule has 2 fully saturated rings. The molecule has 1 N–H and O–H groups in total. The van der Waals surface area contributed by atoms with Crippen molar-refractivity contribution in [3.05, 3.63) is 34.3 Å².